The monoisotopic (exact) mass is 377 g/mol. The molecule has 2 atom stereocenters. The van der Waals surface area contributed by atoms with Crippen LogP contribution in [-0.4, -0.2) is 46.0 Å². The quantitative estimate of drug-likeness (QED) is 0.875. The van der Waals surface area contributed by atoms with Crippen LogP contribution in [0.1, 0.15) is 24.1 Å². The molecule has 20 heavy (non-hydrogen) atoms. The number of thiophene rings is 1. The SMILES string of the molecule is CC(C(=O)N1CCSCC1CC(=O)O)c1ccc(Br)s1. The number of hydrogen-bond acceptors (Lipinski definition) is 4. The molecule has 1 aliphatic heterocycles. The molecule has 1 saturated heterocycles. The summed E-state index contributed by atoms with van der Waals surface area (Å²) in [5, 5.41) is 8.97. The van der Waals surface area contributed by atoms with E-state index in [-0.39, 0.29) is 24.3 Å². The first kappa shape index (κ1) is 15.9. The molecule has 2 heterocycles. The van der Waals surface area contributed by atoms with Crippen LogP contribution in [0, 0.1) is 0 Å². The van der Waals surface area contributed by atoms with Crippen LogP contribution in [0.5, 0.6) is 0 Å². The summed E-state index contributed by atoms with van der Waals surface area (Å²) in [6.07, 6.45) is 0.0274. The molecule has 1 amide bonds. The first-order valence-electron chi connectivity index (χ1n) is 6.34. The lowest BCUT2D eigenvalue weighted by Gasteiger charge is -2.36. The van der Waals surface area contributed by atoms with Gasteiger partial charge in [-0.05, 0) is 35.0 Å². The third-order valence-electron chi connectivity index (χ3n) is 3.31. The molecule has 0 saturated carbocycles. The minimum Gasteiger partial charge on any atom is -0.481 e. The summed E-state index contributed by atoms with van der Waals surface area (Å²) in [5.41, 5.74) is 0. The van der Waals surface area contributed by atoms with Crippen LogP contribution in [0.3, 0.4) is 0 Å². The Morgan fingerprint density at radius 2 is 2.30 bits per heavy atom. The van der Waals surface area contributed by atoms with Gasteiger partial charge < -0.3 is 10.0 Å². The lowest BCUT2D eigenvalue weighted by Crippen LogP contribution is -2.48. The summed E-state index contributed by atoms with van der Waals surface area (Å²) in [7, 11) is 0. The zero-order valence-corrected chi connectivity index (χ0v) is 14.3. The largest absolute Gasteiger partial charge is 0.481 e. The van der Waals surface area contributed by atoms with Crippen molar-refractivity contribution in [2.75, 3.05) is 18.1 Å². The van der Waals surface area contributed by atoms with Crippen LogP contribution in [0.25, 0.3) is 0 Å². The second kappa shape index (κ2) is 6.95. The fourth-order valence-corrected chi connectivity index (χ4v) is 4.78. The average molecular weight is 378 g/mol. The number of carboxylic acid groups (broad SMARTS) is 1. The fourth-order valence-electron chi connectivity index (χ4n) is 2.25. The Hall–Kier alpha value is -0.530. The topological polar surface area (TPSA) is 57.6 Å². The zero-order chi connectivity index (χ0) is 14.7. The van der Waals surface area contributed by atoms with Gasteiger partial charge in [0.2, 0.25) is 5.91 Å². The number of amides is 1. The Labute approximate surface area is 134 Å². The number of rotatable bonds is 4. The normalized spacial score (nSPS) is 20.7. The van der Waals surface area contributed by atoms with Crippen LogP contribution in [0.15, 0.2) is 15.9 Å². The van der Waals surface area contributed by atoms with E-state index in [2.05, 4.69) is 15.9 Å². The van der Waals surface area contributed by atoms with Crippen molar-refractivity contribution in [1.82, 2.24) is 4.90 Å². The van der Waals surface area contributed by atoms with Gasteiger partial charge >= 0.3 is 5.97 Å². The van der Waals surface area contributed by atoms with E-state index in [9.17, 15) is 9.59 Å². The Morgan fingerprint density at radius 3 is 2.90 bits per heavy atom. The summed E-state index contributed by atoms with van der Waals surface area (Å²) < 4.78 is 1.00. The Kier molecular flexibility index (Phi) is 5.51. The highest BCUT2D eigenvalue weighted by Crippen LogP contribution is 2.31. The first-order chi connectivity index (χ1) is 9.49. The number of carboxylic acids is 1. The molecule has 0 spiro atoms. The minimum atomic E-state index is -0.846. The van der Waals surface area contributed by atoms with Crippen LogP contribution >= 0.6 is 39.0 Å². The maximum absolute atomic E-state index is 12.6. The van der Waals surface area contributed by atoms with E-state index < -0.39 is 5.97 Å². The standard InChI is InChI=1S/C13H16BrNO3S2/c1-8(10-2-3-11(14)20-10)13(18)15-4-5-19-7-9(15)6-12(16)17/h2-3,8-9H,4-7H2,1H3,(H,16,17). The van der Waals surface area contributed by atoms with E-state index in [0.29, 0.717) is 12.3 Å². The van der Waals surface area contributed by atoms with Crippen molar-refractivity contribution in [3.05, 3.63) is 20.8 Å². The van der Waals surface area contributed by atoms with Gasteiger partial charge in [-0.15, -0.1) is 11.3 Å². The van der Waals surface area contributed by atoms with E-state index in [1.54, 1.807) is 28.0 Å². The number of halogens is 1. The summed E-state index contributed by atoms with van der Waals surface area (Å²) >= 11 is 6.67. The Morgan fingerprint density at radius 1 is 1.55 bits per heavy atom. The van der Waals surface area contributed by atoms with Crippen molar-refractivity contribution in [1.29, 1.82) is 0 Å². The van der Waals surface area contributed by atoms with Gasteiger partial charge in [0, 0.05) is 22.9 Å². The molecule has 2 unspecified atom stereocenters. The highest BCUT2D eigenvalue weighted by Gasteiger charge is 2.32. The van der Waals surface area contributed by atoms with E-state index in [1.165, 1.54) is 0 Å². The van der Waals surface area contributed by atoms with Crippen LogP contribution in [0.2, 0.25) is 0 Å². The highest BCUT2D eigenvalue weighted by molar-refractivity contribution is 9.11. The van der Waals surface area contributed by atoms with E-state index in [0.717, 1.165) is 14.4 Å². The molecule has 0 aromatic carbocycles. The molecular weight excluding hydrogens is 362 g/mol. The molecule has 4 nitrogen and oxygen atoms in total. The lowest BCUT2D eigenvalue weighted by molar-refractivity contribution is -0.140. The number of aliphatic carboxylic acids is 1. The smallest absolute Gasteiger partial charge is 0.305 e. The van der Waals surface area contributed by atoms with Gasteiger partial charge in [-0.3, -0.25) is 9.59 Å². The molecule has 1 N–H and O–H groups in total. The first-order valence-corrected chi connectivity index (χ1v) is 9.10. The fraction of sp³-hybridized carbons (Fsp3) is 0.538. The van der Waals surface area contributed by atoms with E-state index in [4.69, 9.17) is 5.11 Å². The van der Waals surface area contributed by atoms with Crippen molar-refractivity contribution in [2.45, 2.75) is 25.3 Å². The van der Waals surface area contributed by atoms with Crippen molar-refractivity contribution in [2.24, 2.45) is 0 Å². The number of nitrogens with zero attached hydrogens (tertiary/aromatic N) is 1. The molecule has 110 valence electrons. The van der Waals surface area contributed by atoms with Gasteiger partial charge in [-0.25, -0.2) is 0 Å². The highest BCUT2D eigenvalue weighted by atomic mass is 79.9. The second-order valence-electron chi connectivity index (χ2n) is 4.72. The molecule has 7 heteroatoms. The predicted octanol–water partition coefficient (Wildman–Crippen LogP) is 3.03. The molecule has 2 rings (SSSR count). The van der Waals surface area contributed by atoms with E-state index in [1.807, 2.05) is 19.1 Å². The van der Waals surface area contributed by atoms with Gasteiger partial charge in [-0.1, -0.05) is 0 Å². The van der Waals surface area contributed by atoms with E-state index >= 15 is 0 Å². The Bertz CT molecular complexity index is 506. The van der Waals surface area contributed by atoms with Crippen LogP contribution in [-0.2, 0) is 9.59 Å². The zero-order valence-electron chi connectivity index (χ0n) is 11.0. The molecule has 0 radical (unpaired) electrons. The van der Waals surface area contributed by atoms with Crippen molar-refractivity contribution in [3.63, 3.8) is 0 Å². The van der Waals surface area contributed by atoms with Gasteiger partial charge in [0.05, 0.1) is 22.2 Å². The molecule has 1 aliphatic rings. The molecule has 0 aliphatic carbocycles. The third-order valence-corrected chi connectivity index (χ3v) is 6.21. The van der Waals surface area contributed by atoms with Gasteiger partial charge in [0.15, 0.2) is 0 Å². The molecule has 1 aromatic heterocycles. The summed E-state index contributed by atoms with van der Waals surface area (Å²) in [5.74, 6) is 0.556. The van der Waals surface area contributed by atoms with Crippen LogP contribution < -0.4 is 0 Å². The van der Waals surface area contributed by atoms with Crippen molar-refractivity contribution < 1.29 is 14.7 Å². The number of hydrogen-bond donors (Lipinski definition) is 1. The number of carbonyl (C=O) groups is 2. The van der Waals surface area contributed by atoms with Crippen LogP contribution in [0.4, 0.5) is 0 Å². The molecule has 0 bridgehead atoms. The van der Waals surface area contributed by atoms with Crippen molar-refractivity contribution in [3.8, 4) is 0 Å². The minimum absolute atomic E-state index is 0.0274. The maximum atomic E-state index is 12.6. The Balaban J connectivity index is 2.10. The number of thioether (sulfide) groups is 1. The average Bonchev–Trinajstić information content (AvgIpc) is 2.84. The summed E-state index contributed by atoms with van der Waals surface area (Å²) in [4.78, 5) is 26.3. The van der Waals surface area contributed by atoms with Gasteiger partial charge in [-0.2, -0.15) is 11.8 Å². The molecule has 1 aromatic rings. The molecule has 1 fully saturated rings. The summed E-state index contributed by atoms with van der Waals surface area (Å²) in [6.45, 7) is 2.53. The van der Waals surface area contributed by atoms with Crippen molar-refractivity contribution >= 4 is 50.9 Å². The number of carbonyl (C=O) groups excluding carboxylic acids is 1. The molecular formula is C13H16BrNO3S2. The third kappa shape index (κ3) is 3.77. The van der Waals surface area contributed by atoms with Gasteiger partial charge in [0.1, 0.15) is 0 Å². The second-order valence-corrected chi connectivity index (χ2v) is 8.37. The van der Waals surface area contributed by atoms with Gasteiger partial charge in [0.25, 0.3) is 0 Å². The predicted molar refractivity (Wildman–Crippen MR) is 85.5 cm³/mol. The summed E-state index contributed by atoms with van der Waals surface area (Å²) in [6, 6.07) is 3.69. The maximum Gasteiger partial charge on any atom is 0.305 e. The lowest BCUT2D eigenvalue weighted by atomic mass is 10.1.